The number of halogens is 6. The van der Waals surface area contributed by atoms with Gasteiger partial charge in [0.15, 0.2) is 0 Å². The third kappa shape index (κ3) is 24.3. The van der Waals surface area contributed by atoms with Gasteiger partial charge in [0.2, 0.25) is 0 Å². The van der Waals surface area contributed by atoms with E-state index in [9.17, 15) is 25.2 Å². The topological polar surface area (TPSA) is 94.3 Å². The second-order valence-electron chi connectivity index (χ2n) is 7.03. The van der Waals surface area contributed by atoms with Crippen LogP contribution in [0.5, 0.6) is 0 Å². The summed E-state index contributed by atoms with van der Waals surface area (Å²) in [7, 11) is -10.7. The molecule has 4 unspecified atom stereocenters. The van der Waals surface area contributed by atoms with E-state index in [1.807, 2.05) is 0 Å². The van der Waals surface area contributed by atoms with E-state index in [-0.39, 0.29) is 16.5 Å². The second kappa shape index (κ2) is 14.1. The van der Waals surface area contributed by atoms with Crippen LogP contribution in [0, 0.1) is 11.3 Å². The average Bonchev–Trinajstić information content (AvgIpc) is 2.60. The number of hydrogen-bond acceptors (Lipinski definition) is 1. The molecule has 0 spiro atoms. The Morgan fingerprint density at radius 1 is 0.742 bits per heavy atom. The van der Waals surface area contributed by atoms with E-state index >= 15 is 0 Å². The molecule has 2 bridgehead atoms. The van der Waals surface area contributed by atoms with Crippen molar-refractivity contribution in [2.45, 2.75) is 64.2 Å². The van der Waals surface area contributed by atoms with Crippen LogP contribution in [0.4, 0.5) is 25.2 Å². The van der Waals surface area contributed by atoms with Crippen LogP contribution in [0.3, 0.4) is 0 Å². The van der Waals surface area contributed by atoms with E-state index in [2.05, 4.69) is 24.5 Å². The first-order valence-corrected chi connectivity index (χ1v) is 11.8. The standard InChI is InChI=1S/C15H28N5.C2H3N.F6P.Ni/c1-12-14-4-3-5-15(20-14)13(2)19-11-9-17-7-6-16-8-10-18-12;1-2-3;1-7(2,3,4,5)6;/h12-15H,3-11H2,1-2H3;1H3;;/q-5;;-1;+2. The second-order valence-corrected chi connectivity index (χ2v) is 8.95. The summed E-state index contributed by atoms with van der Waals surface area (Å²) in [6.45, 7) is 10.8. The first-order valence-electron chi connectivity index (χ1n) is 9.81. The molecule has 0 radical (unpaired) electrons. The summed E-state index contributed by atoms with van der Waals surface area (Å²) >= 11 is 0. The van der Waals surface area contributed by atoms with Gasteiger partial charge >= 0.3 is 49.5 Å². The van der Waals surface area contributed by atoms with Crippen molar-refractivity contribution in [1.29, 1.82) is 5.26 Å². The predicted molar refractivity (Wildman–Crippen MR) is 111 cm³/mol. The Hall–Kier alpha value is -0.206. The zero-order valence-corrected chi connectivity index (χ0v) is 19.8. The van der Waals surface area contributed by atoms with E-state index in [1.54, 1.807) is 6.07 Å². The molecule has 0 amide bonds. The van der Waals surface area contributed by atoms with Crippen LogP contribution in [-0.4, -0.2) is 63.4 Å². The summed E-state index contributed by atoms with van der Waals surface area (Å²) in [5.74, 6) is 0. The van der Waals surface area contributed by atoms with Gasteiger partial charge < -0.3 is 26.6 Å². The number of nitrogens with zero attached hydrogens (tertiary/aromatic N) is 6. The molecule has 4 atom stereocenters. The minimum atomic E-state index is -10.7. The zero-order valence-electron chi connectivity index (χ0n) is 17.9. The van der Waals surface area contributed by atoms with Crippen molar-refractivity contribution >= 4 is 7.81 Å². The fourth-order valence-corrected chi connectivity index (χ4v) is 2.94. The molecule has 190 valence electrons. The minimum absolute atomic E-state index is 0. The molecule has 0 aromatic heterocycles. The maximum atomic E-state index is 9.87. The molecule has 2 saturated heterocycles. The van der Waals surface area contributed by atoms with Gasteiger partial charge in [0.1, 0.15) is 0 Å². The van der Waals surface area contributed by atoms with Crippen molar-refractivity contribution in [3.8, 4) is 6.07 Å². The van der Waals surface area contributed by atoms with Crippen LogP contribution >= 0.6 is 7.81 Å². The summed E-state index contributed by atoms with van der Waals surface area (Å²) in [5, 5.41) is 30.7. The molecule has 14 heteroatoms. The summed E-state index contributed by atoms with van der Waals surface area (Å²) in [4.78, 5) is 0. The normalized spacial score (nSPS) is 30.5. The van der Waals surface area contributed by atoms with Gasteiger partial charge in [-0.15, -0.1) is 0 Å². The SMILES string of the molecule is CC#N.CC1[N-]CC[N-]CC[N-]CC[N-]C(C)C2CCCC1[N-]2.F[P-](F)(F)(F)(F)F.[Ni+2]. The largest absolute Gasteiger partial charge is 2.00 e. The van der Waals surface area contributed by atoms with Gasteiger partial charge in [-0.2, -0.15) is 68.7 Å². The van der Waals surface area contributed by atoms with Crippen LogP contribution in [0.1, 0.15) is 40.0 Å². The van der Waals surface area contributed by atoms with Crippen LogP contribution < -0.4 is 0 Å². The van der Waals surface area contributed by atoms with Crippen molar-refractivity contribution in [3.63, 3.8) is 0 Å². The van der Waals surface area contributed by atoms with E-state index < -0.39 is 7.81 Å². The molecule has 2 heterocycles. The van der Waals surface area contributed by atoms with Crippen LogP contribution in [0.25, 0.3) is 26.6 Å². The van der Waals surface area contributed by atoms with Crippen molar-refractivity contribution in [1.82, 2.24) is 0 Å². The Morgan fingerprint density at radius 3 is 1.35 bits per heavy atom. The van der Waals surface area contributed by atoms with Gasteiger partial charge in [-0.1, -0.05) is 33.1 Å². The maximum Gasteiger partial charge on any atom is 2.00 e. The Balaban J connectivity index is 0. The summed E-state index contributed by atoms with van der Waals surface area (Å²) < 4.78 is 59.2. The molecular formula is C17H31F6N6NiP-4. The van der Waals surface area contributed by atoms with Gasteiger partial charge in [-0.3, -0.25) is 0 Å². The number of piperidine rings is 1. The first kappa shape index (κ1) is 33.0. The van der Waals surface area contributed by atoms with Gasteiger partial charge in [0, 0.05) is 6.92 Å². The fraction of sp³-hybridized carbons (Fsp3) is 0.941. The van der Waals surface area contributed by atoms with Crippen molar-refractivity contribution in [3.05, 3.63) is 26.6 Å². The first-order chi connectivity index (χ1) is 13.6. The molecule has 0 aliphatic carbocycles. The number of hydrogen-bond donors (Lipinski definition) is 0. The number of fused-ring (bicyclic) bond motifs is 2. The molecule has 2 fully saturated rings. The maximum absolute atomic E-state index is 10.7. The predicted octanol–water partition coefficient (Wildman–Crippen LogP) is 7.48. The van der Waals surface area contributed by atoms with E-state index in [0.717, 1.165) is 39.3 Å². The van der Waals surface area contributed by atoms with Gasteiger partial charge in [-0.05, 0) is 0 Å². The molecule has 2 aliphatic rings. The van der Waals surface area contributed by atoms with Gasteiger partial charge in [0.05, 0.1) is 6.07 Å². The Kier molecular flexibility index (Phi) is 15.0. The van der Waals surface area contributed by atoms with Gasteiger partial charge in [-0.25, -0.2) is 0 Å². The van der Waals surface area contributed by atoms with E-state index in [1.165, 1.54) is 26.2 Å². The quantitative estimate of drug-likeness (QED) is 0.184. The summed E-state index contributed by atoms with van der Waals surface area (Å²) in [5.41, 5.74) is 0. The van der Waals surface area contributed by atoms with Crippen molar-refractivity contribution < 1.29 is 41.7 Å². The average molecular weight is 523 g/mol. The molecule has 31 heavy (non-hydrogen) atoms. The number of rotatable bonds is 0. The molecule has 0 saturated carbocycles. The summed E-state index contributed by atoms with van der Waals surface area (Å²) in [6, 6.07) is 3.19. The molecule has 0 N–H and O–H groups in total. The van der Waals surface area contributed by atoms with Crippen molar-refractivity contribution in [2.24, 2.45) is 0 Å². The van der Waals surface area contributed by atoms with E-state index in [0.29, 0.717) is 24.2 Å². The number of nitriles is 1. The Morgan fingerprint density at radius 2 is 1.03 bits per heavy atom. The van der Waals surface area contributed by atoms with E-state index in [4.69, 9.17) is 21.2 Å². The zero-order chi connectivity index (χ0) is 23.3. The van der Waals surface area contributed by atoms with Crippen molar-refractivity contribution in [2.75, 3.05) is 39.3 Å². The van der Waals surface area contributed by atoms with Gasteiger partial charge in [0.25, 0.3) is 0 Å². The molecular weight excluding hydrogens is 492 g/mol. The molecule has 2 rings (SSSR count). The van der Waals surface area contributed by atoms with Crippen LogP contribution in [-0.2, 0) is 16.5 Å². The van der Waals surface area contributed by atoms with Crippen LogP contribution in [0.15, 0.2) is 0 Å². The molecule has 0 aromatic carbocycles. The smallest absolute Gasteiger partial charge is 2.00 e. The summed E-state index contributed by atoms with van der Waals surface area (Å²) in [6.07, 6.45) is 3.62. The fourth-order valence-electron chi connectivity index (χ4n) is 2.94. The third-order valence-corrected chi connectivity index (χ3v) is 4.26. The Labute approximate surface area is 191 Å². The molecule has 6 nitrogen and oxygen atoms in total. The van der Waals surface area contributed by atoms with Crippen LogP contribution in [0.2, 0.25) is 0 Å². The minimum Gasteiger partial charge on any atom is 2.00 e. The Bertz CT molecular complexity index is 483. The molecule has 0 aromatic rings. The third-order valence-electron chi connectivity index (χ3n) is 4.26. The molecule has 2 aliphatic heterocycles. The monoisotopic (exact) mass is 522 g/mol.